The van der Waals surface area contributed by atoms with Crippen molar-refractivity contribution in [1.29, 1.82) is 0 Å². The average Bonchev–Trinajstić information content (AvgIpc) is 2.40. The number of fused-ring (bicyclic) bond motifs is 1. The van der Waals surface area contributed by atoms with Crippen molar-refractivity contribution in [3.63, 3.8) is 0 Å². The Balaban J connectivity index is 1.89. The first-order valence-electron chi connectivity index (χ1n) is 3.51. The first-order valence-corrected chi connectivity index (χ1v) is 4.14. The van der Waals surface area contributed by atoms with Gasteiger partial charge in [0.2, 0.25) is 0 Å². The maximum atomic E-state index is 4.28. The molecule has 3 atom stereocenters. The van der Waals surface area contributed by atoms with E-state index in [2.05, 4.69) is 12.6 Å². The Morgan fingerprint density at radius 3 is 2.12 bits per heavy atom. The Hall–Kier alpha value is 0.350. The molecule has 2 saturated carbocycles. The van der Waals surface area contributed by atoms with Gasteiger partial charge in [0.25, 0.3) is 0 Å². The Kier molecular flexibility index (Phi) is 1.07. The highest BCUT2D eigenvalue weighted by Crippen LogP contribution is 2.54. The van der Waals surface area contributed by atoms with E-state index in [1.54, 1.807) is 6.42 Å². The van der Waals surface area contributed by atoms with E-state index in [0.717, 1.165) is 23.5 Å². The zero-order valence-electron chi connectivity index (χ0n) is 5.01. The van der Waals surface area contributed by atoms with Gasteiger partial charge < -0.3 is 0 Å². The normalized spacial score (nSPS) is 51.4. The summed E-state index contributed by atoms with van der Waals surface area (Å²) in [4.78, 5) is 0. The Morgan fingerprint density at radius 2 is 1.75 bits per heavy atom. The second kappa shape index (κ2) is 1.66. The van der Waals surface area contributed by atoms with Crippen LogP contribution >= 0.6 is 12.6 Å². The van der Waals surface area contributed by atoms with Gasteiger partial charge in [-0.3, -0.25) is 0 Å². The molecule has 2 aliphatic rings. The Labute approximate surface area is 56.1 Å². The van der Waals surface area contributed by atoms with Gasteiger partial charge in [0.1, 0.15) is 0 Å². The smallest absolute Gasteiger partial charge is 0.00693 e. The van der Waals surface area contributed by atoms with Crippen molar-refractivity contribution >= 4 is 12.6 Å². The largest absolute Gasteiger partial charge is 0.179 e. The molecule has 0 aromatic carbocycles. The van der Waals surface area contributed by atoms with Gasteiger partial charge in [0, 0.05) is 0 Å². The summed E-state index contributed by atoms with van der Waals surface area (Å²) in [6.45, 7) is 0. The van der Waals surface area contributed by atoms with Crippen molar-refractivity contribution in [3.8, 4) is 0 Å². The number of hydrogen-bond donors (Lipinski definition) is 1. The fourth-order valence-electron chi connectivity index (χ4n) is 1.99. The minimum absolute atomic E-state index is 0.988. The molecule has 2 aliphatic carbocycles. The van der Waals surface area contributed by atoms with Crippen molar-refractivity contribution in [3.05, 3.63) is 0 Å². The van der Waals surface area contributed by atoms with Crippen LogP contribution in [0.4, 0.5) is 0 Å². The first-order chi connectivity index (χ1) is 3.90. The van der Waals surface area contributed by atoms with Crippen molar-refractivity contribution in [1.82, 2.24) is 0 Å². The Morgan fingerprint density at radius 1 is 1.12 bits per heavy atom. The number of hydrogen-bond acceptors (Lipinski definition) is 1. The molecule has 0 radical (unpaired) electrons. The van der Waals surface area contributed by atoms with E-state index in [0.29, 0.717) is 0 Å². The summed E-state index contributed by atoms with van der Waals surface area (Å²) in [6.07, 6.45) is 4.53. The van der Waals surface area contributed by atoms with E-state index in [-0.39, 0.29) is 0 Å². The molecular formula is C7H12S. The molecule has 0 aliphatic heterocycles. The van der Waals surface area contributed by atoms with Crippen molar-refractivity contribution in [2.24, 2.45) is 17.8 Å². The second-order valence-electron chi connectivity index (χ2n) is 3.28. The third-order valence-electron chi connectivity index (χ3n) is 2.60. The predicted octanol–water partition coefficient (Wildman–Crippen LogP) is 1.96. The number of rotatable bonds is 1. The summed E-state index contributed by atoms with van der Waals surface area (Å²) in [5.41, 5.74) is 0. The zero-order chi connectivity index (χ0) is 5.56. The average molecular weight is 128 g/mol. The molecule has 0 N–H and O–H groups in total. The standard InChI is InChI=1S/C7H12S/c8-4-5-1-6-3-7(6)2-5/h5-8H,1-4H2/t5?,6-,7+. The van der Waals surface area contributed by atoms with Crippen LogP contribution < -0.4 is 0 Å². The molecular weight excluding hydrogens is 116 g/mol. The third-order valence-corrected chi connectivity index (χ3v) is 3.12. The van der Waals surface area contributed by atoms with E-state index >= 15 is 0 Å². The summed E-state index contributed by atoms with van der Waals surface area (Å²) in [6, 6.07) is 0. The van der Waals surface area contributed by atoms with Gasteiger partial charge in [-0.1, -0.05) is 0 Å². The fraction of sp³-hybridized carbons (Fsp3) is 1.00. The van der Waals surface area contributed by atoms with Crippen LogP contribution in [0.15, 0.2) is 0 Å². The molecule has 1 unspecified atom stereocenters. The van der Waals surface area contributed by atoms with Crippen LogP contribution in [-0.2, 0) is 0 Å². The molecule has 0 heterocycles. The summed E-state index contributed by atoms with van der Waals surface area (Å²) in [5, 5.41) is 0. The van der Waals surface area contributed by atoms with Crippen molar-refractivity contribution < 1.29 is 0 Å². The summed E-state index contributed by atoms with van der Waals surface area (Å²) in [7, 11) is 0. The zero-order valence-corrected chi connectivity index (χ0v) is 5.90. The second-order valence-corrected chi connectivity index (χ2v) is 3.64. The molecule has 0 aromatic heterocycles. The van der Waals surface area contributed by atoms with Gasteiger partial charge in [0.15, 0.2) is 0 Å². The minimum atomic E-state index is 0.988. The predicted molar refractivity (Wildman–Crippen MR) is 38.2 cm³/mol. The topological polar surface area (TPSA) is 0 Å². The summed E-state index contributed by atoms with van der Waals surface area (Å²) < 4.78 is 0. The maximum Gasteiger partial charge on any atom is -0.00693 e. The van der Waals surface area contributed by atoms with E-state index in [4.69, 9.17) is 0 Å². The first kappa shape index (κ1) is 5.16. The van der Waals surface area contributed by atoms with Crippen molar-refractivity contribution in [2.45, 2.75) is 19.3 Å². The lowest BCUT2D eigenvalue weighted by Crippen LogP contribution is -1.96. The van der Waals surface area contributed by atoms with Crippen LogP contribution in [0.1, 0.15) is 19.3 Å². The molecule has 46 valence electrons. The van der Waals surface area contributed by atoms with Gasteiger partial charge in [-0.2, -0.15) is 12.6 Å². The molecule has 0 nitrogen and oxygen atoms in total. The molecule has 2 rings (SSSR count). The number of thiol groups is 1. The maximum absolute atomic E-state index is 4.28. The quantitative estimate of drug-likeness (QED) is 0.513. The van der Waals surface area contributed by atoms with E-state index < -0.39 is 0 Å². The molecule has 0 spiro atoms. The van der Waals surface area contributed by atoms with Gasteiger partial charge >= 0.3 is 0 Å². The van der Waals surface area contributed by atoms with E-state index in [9.17, 15) is 0 Å². The summed E-state index contributed by atoms with van der Waals surface area (Å²) >= 11 is 4.28. The van der Waals surface area contributed by atoms with Crippen LogP contribution in [0.5, 0.6) is 0 Å². The van der Waals surface area contributed by atoms with E-state index in [1.165, 1.54) is 12.8 Å². The minimum Gasteiger partial charge on any atom is -0.179 e. The molecule has 0 bridgehead atoms. The van der Waals surface area contributed by atoms with Gasteiger partial charge in [0.05, 0.1) is 0 Å². The SMILES string of the molecule is SCC1C[C@@H]2C[C@@H]2C1. The van der Waals surface area contributed by atoms with Gasteiger partial charge in [-0.25, -0.2) is 0 Å². The monoisotopic (exact) mass is 128 g/mol. The molecule has 1 heteroatoms. The lowest BCUT2D eigenvalue weighted by Gasteiger charge is -2.04. The van der Waals surface area contributed by atoms with Crippen LogP contribution in [0, 0.1) is 17.8 Å². The van der Waals surface area contributed by atoms with Crippen LogP contribution in [0.25, 0.3) is 0 Å². The van der Waals surface area contributed by atoms with E-state index in [1.807, 2.05) is 0 Å². The van der Waals surface area contributed by atoms with Gasteiger partial charge in [-0.05, 0) is 42.8 Å². The lowest BCUT2D eigenvalue weighted by atomic mass is 10.1. The Bertz CT molecular complexity index is 90.6. The van der Waals surface area contributed by atoms with Crippen LogP contribution in [0.2, 0.25) is 0 Å². The molecule has 0 saturated heterocycles. The molecule has 8 heavy (non-hydrogen) atoms. The highest BCUT2D eigenvalue weighted by Gasteiger charge is 2.44. The van der Waals surface area contributed by atoms with Crippen LogP contribution in [0.3, 0.4) is 0 Å². The van der Waals surface area contributed by atoms with Crippen LogP contribution in [-0.4, -0.2) is 5.75 Å². The highest BCUT2D eigenvalue weighted by atomic mass is 32.1. The molecule has 0 amide bonds. The van der Waals surface area contributed by atoms with Crippen molar-refractivity contribution in [2.75, 3.05) is 5.75 Å². The molecule has 2 fully saturated rings. The fourth-order valence-corrected chi connectivity index (χ4v) is 2.29. The summed E-state index contributed by atoms with van der Waals surface area (Å²) in [5.74, 6) is 4.41. The molecule has 0 aromatic rings. The third kappa shape index (κ3) is 0.680. The van der Waals surface area contributed by atoms with Gasteiger partial charge in [-0.15, -0.1) is 0 Å². The lowest BCUT2D eigenvalue weighted by molar-refractivity contribution is 0.545. The highest BCUT2D eigenvalue weighted by molar-refractivity contribution is 7.80.